The summed E-state index contributed by atoms with van der Waals surface area (Å²) in [7, 11) is 0. The monoisotopic (exact) mass is 259 g/mol. The number of hydrogen-bond acceptors (Lipinski definition) is 5. The molecule has 1 aliphatic rings. The Morgan fingerprint density at radius 3 is 2.61 bits per heavy atom. The number of esters is 1. The molecular weight excluding hydrogens is 238 g/mol. The summed E-state index contributed by atoms with van der Waals surface area (Å²) in [6, 6.07) is -0.725. The lowest BCUT2D eigenvalue weighted by Crippen LogP contribution is -2.54. The van der Waals surface area contributed by atoms with Crippen LogP contribution in [0.1, 0.15) is 27.7 Å². The summed E-state index contributed by atoms with van der Waals surface area (Å²) in [5.74, 6) is -0.463. The molecule has 0 bridgehead atoms. The zero-order valence-electron chi connectivity index (χ0n) is 11.4. The largest absolute Gasteiger partial charge is 0.458 e. The van der Waals surface area contributed by atoms with Crippen LogP contribution in [0.15, 0.2) is 0 Å². The number of nitrogens with zero attached hydrogens (tertiary/aromatic N) is 1. The Kier molecular flexibility index (Phi) is 4.95. The second-order valence-corrected chi connectivity index (χ2v) is 5.02. The van der Waals surface area contributed by atoms with Gasteiger partial charge in [-0.1, -0.05) is 0 Å². The van der Waals surface area contributed by atoms with Crippen molar-refractivity contribution in [1.82, 2.24) is 4.90 Å². The minimum atomic E-state index is -0.725. The lowest BCUT2D eigenvalue weighted by Gasteiger charge is -2.34. The van der Waals surface area contributed by atoms with E-state index >= 15 is 0 Å². The average molecular weight is 259 g/mol. The van der Waals surface area contributed by atoms with Crippen LogP contribution in [0.5, 0.6) is 0 Å². The van der Waals surface area contributed by atoms with Crippen LogP contribution >= 0.6 is 0 Å². The number of carbonyl (C=O) groups excluding carboxylic acids is 2. The van der Waals surface area contributed by atoms with E-state index in [0.29, 0.717) is 13.2 Å². The van der Waals surface area contributed by atoms with E-state index in [0.717, 1.165) is 0 Å². The third-order valence-electron chi connectivity index (χ3n) is 2.31. The molecule has 1 saturated heterocycles. The molecule has 0 radical (unpaired) electrons. The molecule has 0 aromatic carbocycles. The summed E-state index contributed by atoms with van der Waals surface area (Å²) >= 11 is 0. The molecule has 0 aromatic rings. The summed E-state index contributed by atoms with van der Waals surface area (Å²) in [6.45, 7) is 8.22. The average Bonchev–Trinajstić information content (AvgIpc) is 2.27. The quantitative estimate of drug-likeness (QED) is 0.697. The van der Waals surface area contributed by atoms with E-state index in [-0.39, 0.29) is 13.2 Å². The number of amides is 1. The molecule has 0 aliphatic carbocycles. The molecule has 0 N–H and O–H groups in total. The first-order valence-corrected chi connectivity index (χ1v) is 6.09. The van der Waals surface area contributed by atoms with E-state index in [1.54, 1.807) is 27.7 Å². The summed E-state index contributed by atoms with van der Waals surface area (Å²) in [4.78, 5) is 25.1. The van der Waals surface area contributed by atoms with Crippen LogP contribution in [0, 0.1) is 0 Å². The van der Waals surface area contributed by atoms with E-state index < -0.39 is 23.7 Å². The van der Waals surface area contributed by atoms with Gasteiger partial charge in [0.05, 0.1) is 19.8 Å². The van der Waals surface area contributed by atoms with Crippen molar-refractivity contribution < 1.29 is 23.8 Å². The zero-order valence-corrected chi connectivity index (χ0v) is 11.4. The molecule has 18 heavy (non-hydrogen) atoms. The van der Waals surface area contributed by atoms with Crippen LogP contribution in [0.4, 0.5) is 4.79 Å². The van der Waals surface area contributed by atoms with Crippen LogP contribution in [0.2, 0.25) is 0 Å². The fraction of sp³-hybridized carbons (Fsp3) is 0.833. The Balaban J connectivity index is 2.70. The van der Waals surface area contributed by atoms with Crippen LogP contribution in [-0.2, 0) is 19.0 Å². The molecular formula is C12H21NO5. The molecule has 1 unspecified atom stereocenters. The maximum Gasteiger partial charge on any atom is 0.410 e. The normalized spacial score (nSPS) is 20.4. The Bertz CT molecular complexity index is 310. The minimum Gasteiger partial charge on any atom is -0.458 e. The minimum absolute atomic E-state index is 0.147. The fourth-order valence-corrected chi connectivity index (χ4v) is 1.59. The zero-order chi connectivity index (χ0) is 13.8. The standard InChI is InChI=1S/C12H21NO5/c1-5-17-11(15)13-6-7-16-8-9(13)10(14)18-12(2,3)4/h9H,5-8H2,1-4H3. The van der Waals surface area contributed by atoms with Crippen molar-refractivity contribution in [2.24, 2.45) is 0 Å². The SMILES string of the molecule is CCOC(=O)N1CCOCC1C(=O)OC(C)(C)C. The number of hydrogen-bond donors (Lipinski definition) is 0. The molecule has 6 heteroatoms. The first-order valence-electron chi connectivity index (χ1n) is 6.09. The van der Waals surface area contributed by atoms with Crippen molar-refractivity contribution in [2.45, 2.75) is 39.3 Å². The van der Waals surface area contributed by atoms with Gasteiger partial charge < -0.3 is 14.2 Å². The van der Waals surface area contributed by atoms with E-state index in [1.807, 2.05) is 0 Å². The molecule has 104 valence electrons. The van der Waals surface area contributed by atoms with E-state index in [2.05, 4.69) is 0 Å². The van der Waals surface area contributed by atoms with Crippen molar-refractivity contribution in [1.29, 1.82) is 0 Å². The number of morpholine rings is 1. The number of rotatable bonds is 2. The molecule has 6 nitrogen and oxygen atoms in total. The summed E-state index contributed by atoms with van der Waals surface area (Å²) in [5.41, 5.74) is -0.588. The molecule has 1 fully saturated rings. The van der Waals surface area contributed by atoms with Gasteiger partial charge >= 0.3 is 12.1 Å². The highest BCUT2D eigenvalue weighted by Crippen LogP contribution is 2.15. The third kappa shape index (κ3) is 4.18. The molecule has 1 heterocycles. The molecule has 0 aromatic heterocycles. The highest BCUT2D eigenvalue weighted by atomic mass is 16.6. The number of ether oxygens (including phenoxy) is 3. The smallest absolute Gasteiger partial charge is 0.410 e. The third-order valence-corrected chi connectivity index (χ3v) is 2.31. The summed E-state index contributed by atoms with van der Waals surface area (Å²) in [6.07, 6.45) is -0.503. The lowest BCUT2D eigenvalue weighted by atomic mass is 10.2. The van der Waals surface area contributed by atoms with Crippen molar-refractivity contribution in [3.8, 4) is 0 Å². The van der Waals surface area contributed by atoms with Gasteiger partial charge in [-0.15, -0.1) is 0 Å². The predicted molar refractivity (Wildman–Crippen MR) is 64.2 cm³/mol. The highest BCUT2D eigenvalue weighted by molar-refractivity contribution is 5.82. The molecule has 1 aliphatic heterocycles. The topological polar surface area (TPSA) is 65.1 Å². The number of carbonyl (C=O) groups is 2. The van der Waals surface area contributed by atoms with Gasteiger partial charge in [-0.3, -0.25) is 4.90 Å². The van der Waals surface area contributed by atoms with Gasteiger partial charge in [0.1, 0.15) is 5.60 Å². The van der Waals surface area contributed by atoms with E-state index in [4.69, 9.17) is 14.2 Å². The molecule has 1 rings (SSSR count). The Hall–Kier alpha value is -1.30. The van der Waals surface area contributed by atoms with Crippen LogP contribution in [0.25, 0.3) is 0 Å². The Morgan fingerprint density at radius 2 is 2.06 bits per heavy atom. The van der Waals surface area contributed by atoms with Gasteiger partial charge in [0.2, 0.25) is 0 Å². The summed E-state index contributed by atoms with van der Waals surface area (Å²) in [5, 5.41) is 0. The molecule has 0 spiro atoms. The highest BCUT2D eigenvalue weighted by Gasteiger charge is 2.36. The predicted octanol–water partition coefficient (Wildman–Crippen LogP) is 1.19. The van der Waals surface area contributed by atoms with Gasteiger partial charge in [-0.2, -0.15) is 0 Å². The maximum absolute atomic E-state index is 12.0. The van der Waals surface area contributed by atoms with Crippen LogP contribution in [-0.4, -0.2) is 55.0 Å². The van der Waals surface area contributed by atoms with Crippen LogP contribution < -0.4 is 0 Å². The van der Waals surface area contributed by atoms with Crippen molar-refractivity contribution >= 4 is 12.1 Å². The van der Waals surface area contributed by atoms with Gasteiger partial charge in [-0.25, -0.2) is 9.59 Å². The molecule has 0 saturated carbocycles. The first-order chi connectivity index (χ1) is 8.35. The van der Waals surface area contributed by atoms with Gasteiger partial charge in [0.15, 0.2) is 6.04 Å². The van der Waals surface area contributed by atoms with Crippen molar-refractivity contribution in [2.75, 3.05) is 26.4 Å². The Labute approximate surface area is 107 Å². The van der Waals surface area contributed by atoms with E-state index in [9.17, 15) is 9.59 Å². The van der Waals surface area contributed by atoms with Crippen LogP contribution in [0.3, 0.4) is 0 Å². The first kappa shape index (κ1) is 14.8. The van der Waals surface area contributed by atoms with Crippen molar-refractivity contribution in [3.05, 3.63) is 0 Å². The second kappa shape index (κ2) is 6.04. The van der Waals surface area contributed by atoms with Gasteiger partial charge in [-0.05, 0) is 27.7 Å². The summed E-state index contributed by atoms with van der Waals surface area (Å²) < 4.78 is 15.4. The van der Waals surface area contributed by atoms with Gasteiger partial charge in [0.25, 0.3) is 0 Å². The van der Waals surface area contributed by atoms with E-state index in [1.165, 1.54) is 4.90 Å². The molecule has 1 amide bonds. The fourth-order valence-electron chi connectivity index (χ4n) is 1.59. The van der Waals surface area contributed by atoms with Gasteiger partial charge in [0, 0.05) is 6.54 Å². The maximum atomic E-state index is 12.0. The molecule has 1 atom stereocenters. The van der Waals surface area contributed by atoms with Crippen molar-refractivity contribution in [3.63, 3.8) is 0 Å². The Morgan fingerprint density at radius 1 is 1.39 bits per heavy atom. The lowest BCUT2D eigenvalue weighted by molar-refractivity contribution is -0.166. The second-order valence-electron chi connectivity index (χ2n) is 5.02.